The van der Waals surface area contributed by atoms with Crippen molar-refractivity contribution >= 4 is 5.91 Å². The Bertz CT molecular complexity index is 450. The maximum absolute atomic E-state index is 12.8. The van der Waals surface area contributed by atoms with E-state index in [0.29, 0.717) is 0 Å². The van der Waals surface area contributed by atoms with E-state index in [2.05, 4.69) is 4.90 Å². The summed E-state index contributed by atoms with van der Waals surface area (Å²) in [4.78, 5) is 18.0. The van der Waals surface area contributed by atoms with Crippen molar-refractivity contribution in [3.63, 3.8) is 0 Å². The van der Waals surface area contributed by atoms with Crippen molar-refractivity contribution in [1.82, 2.24) is 14.7 Å². The smallest absolute Gasteiger partial charge is 0.332 e. The van der Waals surface area contributed by atoms with E-state index < -0.39 is 18.6 Å². The molecule has 0 aromatic carbocycles. The second-order valence-corrected chi connectivity index (χ2v) is 8.72. The number of hydrogen-bond donors (Lipinski definition) is 0. The van der Waals surface area contributed by atoms with Crippen LogP contribution in [0.3, 0.4) is 0 Å². The fourth-order valence-corrected chi connectivity index (χ4v) is 4.30. The van der Waals surface area contributed by atoms with Crippen LogP contribution in [-0.4, -0.2) is 79.1 Å². The topological polar surface area (TPSA) is 26.8 Å². The Balaban J connectivity index is 1.81. The Morgan fingerprint density at radius 2 is 1.63 bits per heavy atom. The summed E-state index contributed by atoms with van der Waals surface area (Å²) in [6, 6.07) is 0. The normalized spacial score (nSPS) is 21.4. The summed E-state index contributed by atoms with van der Waals surface area (Å²) in [6.07, 6.45) is 3.30. The lowest BCUT2D eigenvalue weighted by molar-refractivity contribution is -0.162. The molecule has 0 aromatic rings. The number of alkyl halides is 3. The van der Waals surface area contributed by atoms with Crippen molar-refractivity contribution in [2.24, 2.45) is 11.8 Å². The number of nitrogens with zero attached hydrogens (tertiary/aromatic N) is 3. The molecule has 0 N–H and O–H groups in total. The van der Waals surface area contributed by atoms with Gasteiger partial charge in [-0.15, -0.1) is 0 Å². The number of carbonyl (C=O) groups excluding carboxylic acids is 1. The summed E-state index contributed by atoms with van der Waals surface area (Å²) in [5.74, 6) is 0.411. The van der Waals surface area contributed by atoms with E-state index in [1.165, 1.54) is 32.1 Å². The van der Waals surface area contributed by atoms with E-state index in [1.807, 2.05) is 18.7 Å². The molecular formula is C20H36F3N3O. The highest BCUT2D eigenvalue weighted by atomic mass is 19.4. The van der Waals surface area contributed by atoms with Gasteiger partial charge in [0.1, 0.15) is 6.54 Å². The number of hydrogen-bond acceptors (Lipinski definition) is 3. The van der Waals surface area contributed by atoms with E-state index in [4.69, 9.17) is 0 Å². The van der Waals surface area contributed by atoms with Crippen LogP contribution in [-0.2, 0) is 4.79 Å². The van der Waals surface area contributed by atoms with Gasteiger partial charge in [-0.1, -0.05) is 33.1 Å². The van der Waals surface area contributed by atoms with Crippen molar-refractivity contribution < 1.29 is 18.0 Å². The molecule has 1 aliphatic heterocycles. The van der Waals surface area contributed by atoms with Gasteiger partial charge < -0.3 is 9.80 Å². The van der Waals surface area contributed by atoms with E-state index in [-0.39, 0.29) is 19.0 Å². The minimum Gasteiger partial charge on any atom is -0.332 e. The van der Waals surface area contributed by atoms with Gasteiger partial charge in [-0.2, -0.15) is 13.2 Å². The maximum atomic E-state index is 12.8. The first-order valence-corrected chi connectivity index (χ1v) is 10.5. The molecule has 2 fully saturated rings. The van der Waals surface area contributed by atoms with Crippen LogP contribution >= 0.6 is 0 Å². The van der Waals surface area contributed by atoms with Crippen LogP contribution in [0.1, 0.15) is 52.4 Å². The zero-order valence-corrected chi connectivity index (χ0v) is 16.9. The molecule has 7 heteroatoms. The van der Waals surface area contributed by atoms with Gasteiger partial charge in [-0.3, -0.25) is 9.69 Å². The first-order valence-electron chi connectivity index (χ1n) is 10.5. The monoisotopic (exact) mass is 391 g/mol. The van der Waals surface area contributed by atoms with Gasteiger partial charge in [0.15, 0.2) is 0 Å². The highest BCUT2D eigenvalue weighted by Crippen LogP contribution is 2.25. The number of halogens is 3. The van der Waals surface area contributed by atoms with Crippen molar-refractivity contribution in [3.05, 3.63) is 0 Å². The molecule has 2 aliphatic rings. The molecule has 1 saturated carbocycles. The first kappa shape index (κ1) is 22.5. The van der Waals surface area contributed by atoms with Crippen LogP contribution in [0, 0.1) is 11.8 Å². The third-order valence-electron chi connectivity index (χ3n) is 5.59. The van der Waals surface area contributed by atoms with Crippen LogP contribution in [0.4, 0.5) is 13.2 Å². The van der Waals surface area contributed by atoms with Gasteiger partial charge in [0.2, 0.25) is 5.91 Å². The van der Waals surface area contributed by atoms with E-state index in [0.717, 1.165) is 50.0 Å². The SMILES string of the molecule is CC(C)CN(CC(F)(F)F)C(=O)CN1CCCN(CC2CCCCC2)CC1. The van der Waals surface area contributed by atoms with Crippen LogP contribution in [0.5, 0.6) is 0 Å². The van der Waals surface area contributed by atoms with Crippen LogP contribution in [0.25, 0.3) is 0 Å². The summed E-state index contributed by atoms with van der Waals surface area (Å²) in [6.45, 7) is 7.40. The minimum atomic E-state index is -4.35. The van der Waals surface area contributed by atoms with Gasteiger partial charge in [0.25, 0.3) is 0 Å². The number of amides is 1. The second kappa shape index (κ2) is 10.6. The Kier molecular flexibility index (Phi) is 8.86. The van der Waals surface area contributed by atoms with Crippen molar-refractivity contribution in [2.75, 3.05) is 52.4 Å². The molecule has 2 rings (SSSR count). The Morgan fingerprint density at radius 1 is 1.00 bits per heavy atom. The average Bonchev–Trinajstić information content (AvgIpc) is 2.79. The van der Waals surface area contributed by atoms with E-state index >= 15 is 0 Å². The van der Waals surface area contributed by atoms with Crippen molar-refractivity contribution in [2.45, 2.75) is 58.5 Å². The molecule has 0 bridgehead atoms. The van der Waals surface area contributed by atoms with Gasteiger partial charge in [0, 0.05) is 26.2 Å². The lowest BCUT2D eigenvalue weighted by Crippen LogP contribution is -2.46. The molecule has 1 aliphatic carbocycles. The molecule has 1 heterocycles. The van der Waals surface area contributed by atoms with Crippen LogP contribution in [0.15, 0.2) is 0 Å². The highest BCUT2D eigenvalue weighted by molar-refractivity contribution is 5.78. The lowest BCUT2D eigenvalue weighted by Gasteiger charge is -2.30. The molecule has 0 spiro atoms. The summed E-state index contributed by atoms with van der Waals surface area (Å²) >= 11 is 0. The Morgan fingerprint density at radius 3 is 2.26 bits per heavy atom. The Labute approximate surface area is 162 Å². The summed E-state index contributed by atoms with van der Waals surface area (Å²) in [5.41, 5.74) is 0. The molecule has 158 valence electrons. The van der Waals surface area contributed by atoms with Gasteiger partial charge in [-0.05, 0) is 44.2 Å². The fraction of sp³-hybridized carbons (Fsp3) is 0.950. The third-order valence-corrected chi connectivity index (χ3v) is 5.59. The van der Waals surface area contributed by atoms with Gasteiger partial charge in [-0.25, -0.2) is 0 Å². The Hall–Kier alpha value is -0.820. The number of rotatable bonds is 7. The highest BCUT2D eigenvalue weighted by Gasteiger charge is 2.33. The maximum Gasteiger partial charge on any atom is 0.406 e. The summed E-state index contributed by atoms with van der Waals surface area (Å²) in [5, 5.41) is 0. The largest absolute Gasteiger partial charge is 0.406 e. The predicted octanol–water partition coefficient (Wildman–Crippen LogP) is 3.62. The standard InChI is InChI=1S/C20H36F3N3O/c1-17(2)13-26(16-20(21,22)23)19(27)15-25-10-6-9-24(11-12-25)14-18-7-4-3-5-8-18/h17-18H,3-16H2,1-2H3. The molecule has 0 aromatic heterocycles. The number of carbonyl (C=O) groups is 1. The molecule has 0 unspecified atom stereocenters. The second-order valence-electron chi connectivity index (χ2n) is 8.72. The molecule has 4 nitrogen and oxygen atoms in total. The van der Waals surface area contributed by atoms with Crippen LogP contribution < -0.4 is 0 Å². The fourth-order valence-electron chi connectivity index (χ4n) is 4.30. The first-order chi connectivity index (χ1) is 12.7. The third kappa shape index (κ3) is 8.81. The minimum absolute atomic E-state index is 0.0198. The molecule has 0 radical (unpaired) electrons. The summed E-state index contributed by atoms with van der Waals surface area (Å²) in [7, 11) is 0. The summed E-state index contributed by atoms with van der Waals surface area (Å²) < 4.78 is 38.5. The molecule has 1 saturated heterocycles. The van der Waals surface area contributed by atoms with Crippen molar-refractivity contribution in [1.29, 1.82) is 0 Å². The molecular weight excluding hydrogens is 355 g/mol. The zero-order valence-electron chi connectivity index (χ0n) is 16.9. The van der Waals surface area contributed by atoms with E-state index in [9.17, 15) is 18.0 Å². The average molecular weight is 392 g/mol. The van der Waals surface area contributed by atoms with Crippen molar-refractivity contribution in [3.8, 4) is 0 Å². The van der Waals surface area contributed by atoms with Gasteiger partial charge >= 0.3 is 6.18 Å². The van der Waals surface area contributed by atoms with Crippen LogP contribution in [0.2, 0.25) is 0 Å². The lowest BCUT2D eigenvalue weighted by atomic mass is 9.89. The molecule has 0 atom stereocenters. The quantitative estimate of drug-likeness (QED) is 0.663. The van der Waals surface area contributed by atoms with Gasteiger partial charge in [0.05, 0.1) is 6.54 Å². The zero-order chi connectivity index (χ0) is 19.9. The molecule has 1 amide bonds. The van der Waals surface area contributed by atoms with E-state index in [1.54, 1.807) is 0 Å². The molecule has 27 heavy (non-hydrogen) atoms. The predicted molar refractivity (Wildman–Crippen MR) is 102 cm³/mol.